The Morgan fingerprint density at radius 2 is 0.833 bits per heavy atom. The first-order chi connectivity index (χ1) is 2.00. The quantitative estimate of drug-likeness (QED) is 0.235. The fraction of sp³-hybridized carbons (Fsp3) is 1.00. The van der Waals surface area contributed by atoms with Gasteiger partial charge in [-0.25, -0.2) is 0 Å². The number of thiol groups is 4. The van der Waals surface area contributed by atoms with Crippen molar-refractivity contribution in [3.63, 3.8) is 0 Å². The molecule has 0 fully saturated rings. The van der Waals surface area contributed by atoms with Gasteiger partial charge in [0.15, 0.2) is 0 Å². The fourth-order valence-corrected chi connectivity index (χ4v) is 0. The van der Waals surface area contributed by atoms with Crippen LogP contribution in [0.3, 0.4) is 0 Å². The topological polar surface area (TPSA) is 0 Å². The van der Waals surface area contributed by atoms with E-state index in [1.807, 2.05) is 0 Å². The van der Waals surface area contributed by atoms with Gasteiger partial charge in [-0.15, -0.1) is 50.5 Å². The minimum atomic E-state index is -0.722. The Kier molecular flexibility index (Phi) is 8.65. The molecule has 0 spiro atoms. The molecule has 6 heavy (non-hydrogen) atoms. The molecule has 0 aromatic carbocycles. The summed E-state index contributed by atoms with van der Waals surface area (Å²) in [5, 5.41) is 0. The van der Waals surface area contributed by atoms with E-state index in [0.29, 0.717) is 0 Å². The average Bonchev–Trinajstić information content (AvgIpc) is 0.722. The molecule has 0 unspecified atom stereocenters. The summed E-state index contributed by atoms with van der Waals surface area (Å²) in [7, 11) is 0. The van der Waals surface area contributed by atoms with Crippen LogP contribution in [0.25, 0.3) is 0 Å². The molecule has 0 aromatic rings. The first-order valence-electron chi connectivity index (χ1n) is 0.894. The van der Waals surface area contributed by atoms with Crippen LogP contribution in [-0.2, 0) is 0 Å². The predicted molar refractivity (Wildman–Crippen MR) is 47.2 cm³/mol. The van der Waals surface area contributed by atoms with E-state index in [9.17, 15) is 0 Å². The molecule has 0 rings (SSSR count). The van der Waals surface area contributed by atoms with Gasteiger partial charge in [-0.3, -0.25) is 0 Å². The molecule has 0 saturated carbocycles. The molecule has 0 N–H and O–H groups in total. The van der Waals surface area contributed by atoms with Crippen molar-refractivity contribution in [1.29, 1.82) is 0 Å². The molecular formula is CH6CaS4. The molecule has 0 saturated heterocycles. The van der Waals surface area contributed by atoms with Gasteiger partial charge in [0.1, 0.15) is 2.74 Å². The summed E-state index contributed by atoms with van der Waals surface area (Å²) < 4.78 is -0.722. The van der Waals surface area contributed by atoms with Gasteiger partial charge < -0.3 is 0 Å². The van der Waals surface area contributed by atoms with Crippen LogP contribution in [0, 0.1) is 0 Å². The Balaban J connectivity index is 0. The van der Waals surface area contributed by atoms with E-state index in [-0.39, 0.29) is 37.7 Å². The molecule has 5 heteroatoms. The zero-order valence-corrected chi connectivity index (χ0v) is 5.87. The van der Waals surface area contributed by atoms with Gasteiger partial charge in [0.05, 0.1) is 0 Å². The summed E-state index contributed by atoms with van der Waals surface area (Å²) in [4.78, 5) is 0. The van der Waals surface area contributed by atoms with Crippen molar-refractivity contribution in [3.8, 4) is 0 Å². The second-order valence-corrected chi connectivity index (χ2v) is 5.40. The van der Waals surface area contributed by atoms with E-state index < -0.39 is 2.74 Å². The van der Waals surface area contributed by atoms with Crippen LogP contribution in [0.15, 0.2) is 0 Å². The Morgan fingerprint density at radius 3 is 0.833 bits per heavy atom. The van der Waals surface area contributed by atoms with Crippen molar-refractivity contribution >= 4 is 88.3 Å². The zero-order chi connectivity index (χ0) is 4.50. The molecule has 0 aliphatic rings. The van der Waals surface area contributed by atoms with Crippen LogP contribution in [0.2, 0.25) is 0 Å². The molecule has 0 bridgehead atoms. The molecule has 0 aliphatic heterocycles. The molecule has 0 atom stereocenters. The molecule has 0 amide bonds. The van der Waals surface area contributed by atoms with Gasteiger partial charge in [0, 0.05) is 0 Å². The van der Waals surface area contributed by atoms with Crippen molar-refractivity contribution in [2.45, 2.75) is 2.74 Å². The van der Waals surface area contributed by atoms with Crippen LogP contribution in [0.1, 0.15) is 0 Å². The van der Waals surface area contributed by atoms with Crippen LogP contribution < -0.4 is 0 Å². The summed E-state index contributed by atoms with van der Waals surface area (Å²) >= 11 is 14.9. The van der Waals surface area contributed by atoms with Crippen molar-refractivity contribution in [1.82, 2.24) is 0 Å². The van der Waals surface area contributed by atoms with Crippen LogP contribution in [0.4, 0.5) is 0 Å². The standard InChI is InChI=1S/CH4S4.Ca.2H/c2-1(3,4)5;;;/h2-5H;;;. The Labute approximate surface area is 89.5 Å². The summed E-state index contributed by atoms with van der Waals surface area (Å²) in [6.45, 7) is 0. The van der Waals surface area contributed by atoms with Crippen LogP contribution >= 0.6 is 50.5 Å². The first kappa shape index (κ1) is 11.5. The molecule has 0 nitrogen and oxygen atoms in total. The number of hydrogen-bond acceptors (Lipinski definition) is 4. The van der Waals surface area contributed by atoms with E-state index in [1.165, 1.54) is 0 Å². The zero-order valence-electron chi connectivity index (χ0n) is 2.29. The van der Waals surface area contributed by atoms with E-state index in [4.69, 9.17) is 0 Å². The van der Waals surface area contributed by atoms with E-state index >= 15 is 0 Å². The Morgan fingerprint density at radius 1 is 0.833 bits per heavy atom. The van der Waals surface area contributed by atoms with Gasteiger partial charge in [-0.2, -0.15) is 0 Å². The van der Waals surface area contributed by atoms with E-state index in [0.717, 1.165) is 0 Å². The average molecular weight is 186 g/mol. The fourth-order valence-electron chi connectivity index (χ4n) is 0. The molecular weight excluding hydrogens is 180 g/mol. The maximum atomic E-state index is 3.72. The summed E-state index contributed by atoms with van der Waals surface area (Å²) in [6, 6.07) is 0. The van der Waals surface area contributed by atoms with Gasteiger partial charge in [-0.1, -0.05) is 0 Å². The first-order valence-corrected chi connectivity index (χ1v) is 2.68. The summed E-state index contributed by atoms with van der Waals surface area (Å²) in [5.41, 5.74) is 0. The van der Waals surface area contributed by atoms with Gasteiger partial charge >= 0.3 is 37.7 Å². The van der Waals surface area contributed by atoms with Gasteiger partial charge in [0.2, 0.25) is 0 Å². The maximum absolute atomic E-state index is 3.72. The normalized spacial score (nSPS) is 10.0. The second-order valence-electron chi connectivity index (χ2n) is 0.600. The second kappa shape index (κ2) is 4.53. The van der Waals surface area contributed by atoms with Crippen LogP contribution in [-0.4, -0.2) is 40.5 Å². The molecule has 0 aromatic heterocycles. The number of rotatable bonds is 0. The Hall–Kier alpha value is 2.66. The molecule has 36 valence electrons. The minimum absolute atomic E-state index is 0. The van der Waals surface area contributed by atoms with Crippen molar-refractivity contribution < 1.29 is 0 Å². The molecule has 0 aliphatic carbocycles. The van der Waals surface area contributed by atoms with Gasteiger partial charge in [0.25, 0.3) is 0 Å². The third-order valence-electron chi connectivity index (χ3n) is 0. The number of hydrogen-bond donors (Lipinski definition) is 4. The third kappa shape index (κ3) is 30.2. The van der Waals surface area contributed by atoms with Crippen LogP contribution in [0.5, 0.6) is 0 Å². The Bertz CT molecular complexity index is 23.0. The third-order valence-corrected chi connectivity index (χ3v) is 0. The van der Waals surface area contributed by atoms with E-state index in [2.05, 4.69) is 50.5 Å². The molecule has 0 heterocycles. The summed E-state index contributed by atoms with van der Waals surface area (Å²) in [5.74, 6) is 0. The van der Waals surface area contributed by atoms with E-state index in [1.54, 1.807) is 0 Å². The van der Waals surface area contributed by atoms with Crippen molar-refractivity contribution in [3.05, 3.63) is 0 Å². The predicted octanol–water partition coefficient (Wildman–Crippen LogP) is 0.401. The molecule has 0 radical (unpaired) electrons. The monoisotopic (exact) mass is 186 g/mol. The van der Waals surface area contributed by atoms with Crippen molar-refractivity contribution in [2.24, 2.45) is 0 Å². The summed E-state index contributed by atoms with van der Waals surface area (Å²) in [6.07, 6.45) is 0. The van der Waals surface area contributed by atoms with Gasteiger partial charge in [-0.05, 0) is 0 Å². The van der Waals surface area contributed by atoms with Crippen molar-refractivity contribution in [2.75, 3.05) is 0 Å². The SMILES string of the molecule is SC(S)(S)S.[CaH2].